The van der Waals surface area contributed by atoms with Crippen LogP contribution >= 0.6 is 0 Å². The number of carbonyl (C=O) groups excluding carboxylic acids is 1. The number of nitrogens with zero attached hydrogens (tertiary/aromatic N) is 3. The summed E-state index contributed by atoms with van der Waals surface area (Å²) in [5.74, 6) is -0.0898. The van der Waals surface area contributed by atoms with Gasteiger partial charge in [0, 0.05) is 25.5 Å². The molecule has 4 nitrogen and oxygen atoms in total. The van der Waals surface area contributed by atoms with Gasteiger partial charge in [-0.3, -0.25) is 9.48 Å². The minimum atomic E-state index is -0.0898. The van der Waals surface area contributed by atoms with Crippen molar-refractivity contribution in [1.82, 2.24) is 9.78 Å². The molecule has 0 bridgehead atoms. The fourth-order valence-electron chi connectivity index (χ4n) is 1.89. The summed E-state index contributed by atoms with van der Waals surface area (Å²) in [5, 5.41) is 4.21. The van der Waals surface area contributed by atoms with Gasteiger partial charge in [0.05, 0.1) is 0 Å². The third-order valence-corrected chi connectivity index (χ3v) is 3.11. The van der Waals surface area contributed by atoms with E-state index >= 15 is 0 Å². The number of amides is 1. The molecule has 2 rings (SSSR count). The lowest BCUT2D eigenvalue weighted by Gasteiger charge is -2.18. The van der Waals surface area contributed by atoms with Crippen LogP contribution in [0.4, 0.5) is 5.69 Å². The van der Waals surface area contributed by atoms with E-state index in [0.717, 1.165) is 16.9 Å². The van der Waals surface area contributed by atoms with Gasteiger partial charge in [0.15, 0.2) is 5.69 Å². The molecular weight excluding hydrogens is 226 g/mol. The van der Waals surface area contributed by atoms with Crippen LogP contribution in [0.25, 0.3) is 0 Å². The van der Waals surface area contributed by atoms with Crippen molar-refractivity contribution in [2.45, 2.75) is 13.8 Å². The van der Waals surface area contributed by atoms with Crippen LogP contribution in [0.3, 0.4) is 0 Å². The molecule has 1 aromatic carbocycles. The third-order valence-electron chi connectivity index (χ3n) is 3.11. The number of rotatable bonds is 2. The summed E-state index contributed by atoms with van der Waals surface area (Å²) in [6, 6.07) is 9.61. The zero-order chi connectivity index (χ0) is 13.3. The third kappa shape index (κ3) is 2.14. The molecule has 0 aliphatic carbocycles. The topological polar surface area (TPSA) is 38.1 Å². The van der Waals surface area contributed by atoms with Crippen LogP contribution in [0.2, 0.25) is 0 Å². The molecule has 0 fully saturated rings. The summed E-state index contributed by atoms with van der Waals surface area (Å²) in [7, 11) is 3.61. The van der Waals surface area contributed by atoms with Crippen molar-refractivity contribution in [1.29, 1.82) is 0 Å². The number of aromatic nitrogens is 2. The average Bonchev–Trinajstić information content (AvgIpc) is 2.68. The largest absolute Gasteiger partial charge is 0.310 e. The second kappa shape index (κ2) is 4.64. The van der Waals surface area contributed by atoms with E-state index in [-0.39, 0.29) is 5.91 Å². The van der Waals surface area contributed by atoms with Crippen molar-refractivity contribution in [2.24, 2.45) is 7.05 Å². The highest BCUT2D eigenvalue weighted by Gasteiger charge is 2.18. The second-order valence-electron chi connectivity index (χ2n) is 4.45. The van der Waals surface area contributed by atoms with Gasteiger partial charge in [-0.25, -0.2) is 0 Å². The summed E-state index contributed by atoms with van der Waals surface area (Å²) in [4.78, 5) is 13.9. The predicted molar refractivity (Wildman–Crippen MR) is 71.9 cm³/mol. The molecule has 1 amide bonds. The van der Waals surface area contributed by atoms with E-state index < -0.39 is 0 Å². The molecule has 0 unspecified atom stereocenters. The zero-order valence-corrected chi connectivity index (χ0v) is 11.1. The number of carbonyl (C=O) groups is 1. The van der Waals surface area contributed by atoms with Crippen molar-refractivity contribution in [3.8, 4) is 0 Å². The summed E-state index contributed by atoms with van der Waals surface area (Å²) >= 11 is 0. The molecule has 0 aliphatic heterocycles. The van der Waals surface area contributed by atoms with Crippen molar-refractivity contribution in [3.05, 3.63) is 47.3 Å². The Balaban J connectivity index is 2.32. The van der Waals surface area contributed by atoms with Gasteiger partial charge in [-0.05, 0) is 31.5 Å². The Kier molecular flexibility index (Phi) is 3.19. The van der Waals surface area contributed by atoms with E-state index in [0.29, 0.717) is 5.69 Å². The summed E-state index contributed by atoms with van der Waals surface area (Å²) in [5.41, 5.74) is 3.42. The molecular formula is C14H17N3O. The molecule has 2 aromatic rings. The van der Waals surface area contributed by atoms with Crippen molar-refractivity contribution < 1.29 is 4.79 Å². The van der Waals surface area contributed by atoms with Gasteiger partial charge in [0.1, 0.15) is 0 Å². The zero-order valence-electron chi connectivity index (χ0n) is 11.1. The number of aryl methyl sites for hydroxylation is 3. The van der Waals surface area contributed by atoms with Gasteiger partial charge in [-0.15, -0.1) is 0 Å². The number of hydrogen-bond acceptors (Lipinski definition) is 2. The van der Waals surface area contributed by atoms with E-state index in [2.05, 4.69) is 5.10 Å². The van der Waals surface area contributed by atoms with Gasteiger partial charge in [-0.2, -0.15) is 5.10 Å². The highest BCUT2D eigenvalue weighted by molar-refractivity contribution is 6.04. The molecule has 0 atom stereocenters. The van der Waals surface area contributed by atoms with Crippen LogP contribution in [0.15, 0.2) is 30.3 Å². The summed E-state index contributed by atoms with van der Waals surface area (Å²) in [6.45, 7) is 3.92. The lowest BCUT2D eigenvalue weighted by molar-refractivity contribution is 0.0987. The minimum absolute atomic E-state index is 0.0898. The Bertz CT molecular complexity index is 567. The van der Waals surface area contributed by atoms with E-state index in [1.54, 1.807) is 22.7 Å². The van der Waals surface area contributed by atoms with E-state index in [9.17, 15) is 4.79 Å². The lowest BCUT2D eigenvalue weighted by atomic mass is 10.2. The van der Waals surface area contributed by atoms with E-state index in [4.69, 9.17) is 0 Å². The van der Waals surface area contributed by atoms with Crippen molar-refractivity contribution >= 4 is 11.6 Å². The molecule has 1 heterocycles. The van der Waals surface area contributed by atoms with Crippen molar-refractivity contribution in [3.63, 3.8) is 0 Å². The molecule has 0 N–H and O–H groups in total. The Morgan fingerprint density at radius 1 is 1.28 bits per heavy atom. The smallest absolute Gasteiger partial charge is 0.278 e. The Hall–Kier alpha value is -2.10. The molecule has 0 radical (unpaired) electrons. The standard InChI is InChI=1S/C14H17N3O/c1-10-7-5-6-8-13(10)16(3)14(18)12-9-11(2)17(4)15-12/h5-9H,1-4H3. The Labute approximate surface area is 107 Å². The first-order valence-corrected chi connectivity index (χ1v) is 5.85. The van der Waals surface area contributed by atoms with Gasteiger partial charge >= 0.3 is 0 Å². The van der Waals surface area contributed by atoms with Crippen LogP contribution in [-0.4, -0.2) is 22.7 Å². The lowest BCUT2D eigenvalue weighted by Crippen LogP contribution is -2.27. The SMILES string of the molecule is Cc1ccccc1N(C)C(=O)c1cc(C)n(C)n1. The number of benzene rings is 1. The first-order chi connectivity index (χ1) is 8.50. The van der Waals surface area contributed by atoms with E-state index in [1.165, 1.54) is 0 Å². The molecule has 94 valence electrons. The fraction of sp³-hybridized carbons (Fsp3) is 0.286. The first kappa shape index (κ1) is 12.4. The fourth-order valence-corrected chi connectivity index (χ4v) is 1.89. The normalized spacial score (nSPS) is 10.4. The van der Waals surface area contributed by atoms with E-state index in [1.807, 2.05) is 45.2 Å². The maximum atomic E-state index is 12.3. The van der Waals surface area contributed by atoms with Gasteiger partial charge in [-0.1, -0.05) is 18.2 Å². The quantitative estimate of drug-likeness (QED) is 0.811. The minimum Gasteiger partial charge on any atom is -0.310 e. The highest BCUT2D eigenvalue weighted by Crippen LogP contribution is 2.19. The number of para-hydroxylation sites is 1. The molecule has 0 saturated carbocycles. The van der Waals surface area contributed by atoms with Gasteiger partial charge in [0.2, 0.25) is 0 Å². The van der Waals surface area contributed by atoms with Crippen molar-refractivity contribution in [2.75, 3.05) is 11.9 Å². The monoisotopic (exact) mass is 243 g/mol. The van der Waals surface area contributed by atoms with Gasteiger partial charge < -0.3 is 4.90 Å². The maximum Gasteiger partial charge on any atom is 0.278 e. The summed E-state index contributed by atoms with van der Waals surface area (Å²) < 4.78 is 1.71. The molecule has 0 aliphatic rings. The Morgan fingerprint density at radius 2 is 1.94 bits per heavy atom. The first-order valence-electron chi connectivity index (χ1n) is 5.85. The maximum absolute atomic E-state index is 12.3. The average molecular weight is 243 g/mol. The molecule has 0 saturated heterocycles. The van der Waals surface area contributed by atoms with Gasteiger partial charge in [0.25, 0.3) is 5.91 Å². The van der Waals surface area contributed by atoms with Crippen LogP contribution in [0, 0.1) is 13.8 Å². The second-order valence-corrected chi connectivity index (χ2v) is 4.45. The highest BCUT2D eigenvalue weighted by atomic mass is 16.2. The van der Waals surface area contributed by atoms with Crippen LogP contribution in [0.5, 0.6) is 0 Å². The van der Waals surface area contributed by atoms with Crippen LogP contribution in [-0.2, 0) is 7.05 Å². The Morgan fingerprint density at radius 3 is 2.50 bits per heavy atom. The predicted octanol–water partition coefficient (Wildman–Crippen LogP) is 2.31. The van der Waals surface area contributed by atoms with Crippen LogP contribution in [0.1, 0.15) is 21.7 Å². The number of anilines is 1. The molecule has 0 spiro atoms. The molecule has 1 aromatic heterocycles. The number of hydrogen-bond donors (Lipinski definition) is 0. The molecule has 4 heteroatoms. The molecule has 18 heavy (non-hydrogen) atoms. The summed E-state index contributed by atoms with van der Waals surface area (Å²) in [6.07, 6.45) is 0. The van der Waals surface area contributed by atoms with Crippen LogP contribution < -0.4 is 4.90 Å².